The number of nitrogens with one attached hydrogen (secondary N) is 1. The van der Waals surface area contributed by atoms with Crippen LogP contribution in [0.3, 0.4) is 0 Å². The van der Waals surface area contributed by atoms with Gasteiger partial charge < -0.3 is 4.74 Å². The number of hydrogen-bond acceptors (Lipinski definition) is 5. The monoisotopic (exact) mass is 497 g/mol. The van der Waals surface area contributed by atoms with Crippen molar-refractivity contribution in [1.82, 2.24) is 4.72 Å². The number of carbonyl (C=O) groups excluding carboxylic acids is 2. The van der Waals surface area contributed by atoms with Gasteiger partial charge in [0, 0.05) is 11.1 Å². The first-order chi connectivity index (χ1) is 16.5. The Kier molecular flexibility index (Phi) is 8.19. The summed E-state index contributed by atoms with van der Waals surface area (Å²) in [6.45, 7) is 7.02. The van der Waals surface area contributed by atoms with Crippen LogP contribution >= 0.6 is 0 Å². The van der Waals surface area contributed by atoms with Crippen molar-refractivity contribution in [3.05, 3.63) is 101 Å². The van der Waals surface area contributed by atoms with Gasteiger partial charge in [-0.1, -0.05) is 85.6 Å². The number of carbonyl (C=O) groups is 2. The molecule has 0 bridgehead atoms. The molecule has 0 unspecified atom stereocenters. The Morgan fingerprint density at radius 2 is 1.40 bits per heavy atom. The van der Waals surface area contributed by atoms with Crippen molar-refractivity contribution in [1.29, 1.82) is 0 Å². The summed E-state index contributed by atoms with van der Waals surface area (Å²) >= 11 is 0. The largest absolute Gasteiger partial charge is 0.448 e. The van der Waals surface area contributed by atoms with Crippen molar-refractivity contribution in [3.8, 4) is 0 Å². The average Bonchev–Trinajstić information content (AvgIpc) is 2.81. The summed E-state index contributed by atoms with van der Waals surface area (Å²) in [7, 11) is -4.37. The van der Waals surface area contributed by atoms with Crippen LogP contribution < -0.4 is 4.72 Å². The highest BCUT2D eigenvalue weighted by atomic mass is 32.2. The minimum atomic E-state index is -4.37. The van der Waals surface area contributed by atoms with Crippen LogP contribution in [0, 0.1) is 25.6 Å². The van der Waals surface area contributed by atoms with Crippen molar-refractivity contribution >= 4 is 21.8 Å². The summed E-state index contributed by atoms with van der Waals surface area (Å²) in [6, 6.07) is 17.3. The van der Waals surface area contributed by atoms with Crippen molar-refractivity contribution in [2.24, 2.45) is 5.92 Å². The normalized spacial score (nSPS) is 13.3. The molecule has 1 N–H and O–H groups in total. The van der Waals surface area contributed by atoms with E-state index in [1.807, 2.05) is 13.8 Å². The van der Waals surface area contributed by atoms with Gasteiger partial charge in [0.2, 0.25) is 15.8 Å². The van der Waals surface area contributed by atoms with Gasteiger partial charge in [-0.05, 0) is 31.9 Å². The molecule has 0 saturated heterocycles. The Bertz CT molecular complexity index is 1300. The predicted octanol–water partition coefficient (Wildman–Crippen LogP) is 4.91. The van der Waals surface area contributed by atoms with Gasteiger partial charge in [-0.3, -0.25) is 9.59 Å². The van der Waals surface area contributed by atoms with Crippen molar-refractivity contribution in [2.75, 3.05) is 0 Å². The second-order valence-corrected chi connectivity index (χ2v) is 10.4. The highest BCUT2D eigenvalue weighted by molar-refractivity contribution is 7.89. The fourth-order valence-electron chi connectivity index (χ4n) is 3.42. The average molecular weight is 498 g/mol. The van der Waals surface area contributed by atoms with Gasteiger partial charge in [0.15, 0.2) is 6.10 Å². The van der Waals surface area contributed by atoms with E-state index in [-0.39, 0.29) is 0 Å². The molecule has 0 aliphatic carbocycles. The molecule has 3 aromatic rings. The summed E-state index contributed by atoms with van der Waals surface area (Å²) in [4.78, 5) is 26.0. The first-order valence-electron chi connectivity index (χ1n) is 11.1. The Morgan fingerprint density at radius 3 is 1.94 bits per heavy atom. The number of rotatable bonds is 9. The lowest BCUT2D eigenvalue weighted by atomic mass is 9.98. The summed E-state index contributed by atoms with van der Waals surface area (Å²) in [6.07, 6.45) is -1.29. The zero-order valence-corrected chi connectivity index (χ0v) is 20.8. The molecule has 0 aliphatic rings. The molecule has 0 spiro atoms. The molecular weight excluding hydrogens is 469 g/mol. The Hall–Kier alpha value is -3.36. The molecule has 0 fully saturated rings. The molecule has 0 radical (unpaired) electrons. The number of sulfonamides is 1. The lowest BCUT2D eigenvalue weighted by molar-refractivity contribution is -0.150. The molecular formula is C27H28FNO5S. The molecule has 184 valence electrons. The second kappa shape index (κ2) is 10.9. The molecule has 8 heteroatoms. The van der Waals surface area contributed by atoms with Gasteiger partial charge in [0.25, 0.3) is 0 Å². The molecule has 6 nitrogen and oxygen atoms in total. The van der Waals surface area contributed by atoms with Crippen molar-refractivity contribution < 1.29 is 27.1 Å². The number of benzene rings is 3. The SMILES string of the molecule is Cc1ccc(C(=O)[C@@H](OC(=O)[C@@H](NS(=O)(=O)c2ccccc2F)C(C)C)c2ccc(C)cc2)cc1. The first-order valence-corrected chi connectivity index (χ1v) is 12.6. The Balaban J connectivity index is 1.93. The van der Waals surface area contributed by atoms with E-state index in [1.165, 1.54) is 12.1 Å². The van der Waals surface area contributed by atoms with E-state index >= 15 is 0 Å². The Labute approximate surface area is 205 Å². The minimum absolute atomic E-state index is 0.349. The van der Waals surface area contributed by atoms with E-state index in [4.69, 9.17) is 4.74 Å². The molecule has 0 amide bonds. The number of ketones is 1. The fourth-order valence-corrected chi connectivity index (χ4v) is 4.83. The highest BCUT2D eigenvalue weighted by Gasteiger charge is 2.34. The zero-order valence-electron chi connectivity index (χ0n) is 20.0. The maximum absolute atomic E-state index is 14.1. The predicted molar refractivity (Wildman–Crippen MR) is 131 cm³/mol. The molecule has 0 aromatic heterocycles. The quantitative estimate of drug-likeness (QED) is 0.335. The van der Waals surface area contributed by atoms with E-state index in [1.54, 1.807) is 62.4 Å². The molecule has 3 rings (SSSR count). The summed E-state index contributed by atoms with van der Waals surface area (Å²) in [5.41, 5.74) is 2.73. The first kappa shape index (κ1) is 26.2. The summed E-state index contributed by atoms with van der Waals surface area (Å²) in [5, 5.41) is 0. The van der Waals surface area contributed by atoms with E-state index in [9.17, 15) is 22.4 Å². The third-order valence-corrected chi connectivity index (χ3v) is 6.99. The number of aryl methyl sites for hydroxylation is 2. The number of Topliss-reactive ketones (excluding diaryl/α,β-unsaturated/α-hetero) is 1. The second-order valence-electron chi connectivity index (χ2n) is 8.73. The molecule has 0 aliphatic heterocycles. The highest BCUT2D eigenvalue weighted by Crippen LogP contribution is 2.25. The van der Waals surface area contributed by atoms with E-state index < -0.39 is 50.6 Å². The summed E-state index contributed by atoms with van der Waals surface area (Å²) in [5.74, 6) is -2.87. The molecule has 0 heterocycles. The van der Waals surface area contributed by atoms with E-state index in [2.05, 4.69) is 4.72 Å². The van der Waals surface area contributed by atoms with Gasteiger partial charge >= 0.3 is 5.97 Å². The molecule has 35 heavy (non-hydrogen) atoms. The van der Waals surface area contributed by atoms with Crippen LogP contribution in [-0.2, 0) is 19.6 Å². The maximum Gasteiger partial charge on any atom is 0.325 e. The number of halogens is 1. The number of hydrogen-bond donors (Lipinski definition) is 1. The fraction of sp³-hybridized carbons (Fsp3) is 0.259. The summed E-state index contributed by atoms with van der Waals surface area (Å²) < 4.78 is 47.7. The van der Waals surface area contributed by atoms with Crippen LogP contribution in [-0.4, -0.2) is 26.2 Å². The van der Waals surface area contributed by atoms with Crippen LogP contribution in [0.1, 0.15) is 47.0 Å². The van der Waals surface area contributed by atoms with Crippen LogP contribution in [0.25, 0.3) is 0 Å². The standard InChI is InChI=1S/C27H28FNO5S/c1-17(2)24(29-35(32,33)23-8-6-5-7-22(23)28)27(31)34-26(21-15-11-19(4)12-16-21)25(30)20-13-9-18(3)10-14-20/h5-17,24,26,29H,1-4H3/t24-,26-/m0/s1. The zero-order chi connectivity index (χ0) is 25.8. The van der Waals surface area contributed by atoms with Crippen LogP contribution in [0.15, 0.2) is 77.7 Å². The van der Waals surface area contributed by atoms with Crippen molar-refractivity contribution in [2.45, 2.75) is 44.7 Å². The molecule has 0 saturated carbocycles. The van der Waals surface area contributed by atoms with E-state index in [0.29, 0.717) is 11.1 Å². The number of esters is 1. The topological polar surface area (TPSA) is 89.5 Å². The van der Waals surface area contributed by atoms with Crippen LogP contribution in [0.2, 0.25) is 0 Å². The van der Waals surface area contributed by atoms with Gasteiger partial charge in [0.05, 0.1) is 0 Å². The smallest absolute Gasteiger partial charge is 0.325 e. The molecule has 2 atom stereocenters. The minimum Gasteiger partial charge on any atom is -0.448 e. The Morgan fingerprint density at radius 1 is 0.857 bits per heavy atom. The number of ether oxygens (including phenoxy) is 1. The molecule has 3 aromatic carbocycles. The van der Waals surface area contributed by atoms with Crippen LogP contribution in [0.4, 0.5) is 4.39 Å². The maximum atomic E-state index is 14.1. The van der Waals surface area contributed by atoms with Crippen LogP contribution in [0.5, 0.6) is 0 Å². The lowest BCUT2D eigenvalue weighted by Gasteiger charge is -2.24. The van der Waals surface area contributed by atoms with Gasteiger partial charge in [-0.25, -0.2) is 12.8 Å². The van der Waals surface area contributed by atoms with E-state index in [0.717, 1.165) is 23.3 Å². The third kappa shape index (κ3) is 6.41. The van der Waals surface area contributed by atoms with Gasteiger partial charge in [-0.2, -0.15) is 4.72 Å². The lowest BCUT2D eigenvalue weighted by Crippen LogP contribution is -2.46. The third-order valence-electron chi connectivity index (χ3n) is 5.52. The van der Waals surface area contributed by atoms with Gasteiger partial charge in [-0.15, -0.1) is 0 Å². The van der Waals surface area contributed by atoms with Crippen molar-refractivity contribution in [3.63, 3.8) is 0 Å². The van der Waals surface area contributed by atoms with Gasteiger partial charge in [0.1, 0.15) is 16.8 Å².